The molecule has 1 aliphatic rings. The summed E-state index contributed by atoms with van der Waals surface area (Å²) in [5, 5.41) is 2.63. The summed E-state index contributed by atoms with van der Waals surface area (Å²) in [5.41, 5.74) is 0.580. The number of piperazine rings is 1. The summed E-state index contributed by atoms with van der Waals surface area (Å²) in [6, 6.07) is 4.64. The van der Waals surface area contributed by atoms with Gasteiger partial charge in [-0.1, -0.05) is 13.8 Å². The monoisotopic (exact) mass is 292 g/mol. The molecule has 1 aromatic carbocycles. The van der Waals surface area contributed by atoms with E-state index in [1.165, 1.54) is 12.0 Å². The Labute approximate surface area is 124 Å². The van der Waals surface area contributed by atoms with Crippen molar-refractivity contribution in [3.8, 4) is 11.5 Å². The molecule has 2 rings (SSSR count). The number of nitrogens with one attached hydrogen (secondary N) is 1. The van der Waals surface area contributed by atoms with Crippen LogP contribution in [0.15, 0.2) is 18.2 Å². The zero-order valence-electron chi connectivity index (χ0n) is 12.7. The normalized spacial score (nSPS) is 18.7. The summed E-state index contributed by atoms with van der Waals surface area (Å²) in [6.45, 7) is 3.81. The van der Waals surface area contributed by atoms with Crippen molar-refractivity contribution >= 4 is 17.5 Å². The van der Waals surface area contributed by atoms with Gasteiger partial charge in [0.05, 0.1) is 26.5 Å². The average molecular weight is 292 g/mol. The molecule has 21 heavy (non-hydrogen) atoms. The second-order valence-corrected chi connectivity index (χ2v) is 5.21. The first kappa shape index (κ1) is 15.2. The molecule has 6 heteroatoms. The maximum Gasteiger partial charge on any atom is 0.247 e. The summed E-state index contributed by atoms with van der Waals surface area (Å²) >= 11 is 0. The second-order valence-electron chi connectivity index (χ2n) is 5.21. The second kappa shape index (κ2) is 6.03. The lowest BCUT2D eigenvalue weighted by molar-refractivity contribution is -0.131. The number of ether oxygens (including phenoxy) is 2. The molecule has 0 aliphatic carbocycles. The van der Waals surface area contributed by atoms with Gasteiger partial charge in [0.15, 0.2) is 0 Å². The SMILES string of the molecule is COc1ccc(N2C(=O)CNC(=O)C2C(C)C)c(OC)c1. The lowest BCUT2D eigenvalue weighted by Gasteiger charge is -2.37. The lowest BCUT2D eigenvalue weighted by Crippen LogP contribution is -2.60. The van der Waals surface area contributed by atoms with Crippen molar-refractivity contribution in [1.29, 1.82) is 0 Å². The van der Waals surface area contributed by atoms with Gasteiger partial charge in [-0.15, -0.1) is 0 Å². The van der Waals surface area contributed by atoms with E-state index in [1.54, 1.807) is 25.3 Å². The van der Waals surface area contributed by atoms with Crippen LogP contribution >= 0.6 is 0 Å². The predicted octanol–water partition coefficient (Wildman–Crippen LogP) is 1.19. The molecular weight excluding hydrogens is 272 g/mol. The van der Waals surface area contributed by atoms with Crippen LogP contribution < -0.4 is 19.7 Å². The Balaban J connectivity index is 2.50. The Bertz CT molecular complexity index is 557. The van der Waals surface area contributed by atoms with Crippen LogP contribution in [0, 0.1) is 5.92 Å². The lowest BCUT2D eigenvalue weighted by atomic mass is 9.98. The zero-order valence-corrected chi connectivity index (χ0v) is 12.7. The van der Waals surface area contributed by atoms with Gasteiger partial charge in [0.2, 0.25) is 11.8 Å². The van der Waals surface area contributed by atoms with Gasteiger partial charge in [-0.2, -0.15) is 0 Å². The molecule has 2 amide bonds. The summed E-state index contributed by atoms with van der Waals surface area (Å²) in [5.74, 6) is 0.814. The topological polar surface area (TPSA) is 67.9 Å². The van der Waals surface area contributed by atoms with E-state index in [2.05, 4.69) is 5.32 Å². The summed E-state index contributed by atoms with van der Waals surface area (Å²) in [4.78, 5) is 25.9. The van der Waals surface area contributed by atoms with Crippen LogP contribution in [0.5, 0.6) is 11.5 Å². The molecule has 114 valence electrons. The van der Waals surface area contributed by atoms with E-state index in [0.717, 1.165) is 0 Å². The van der Waals surface area contributed by atoms with Crippen molar-refractivity contribution < 1.29 is 19.1 Å². The molecule has 1 N–H and O–H groups in total. The molecule has 0 spiro atoms. The number of hydrogen-bond donors (Lipinski definition) is 1. The molecule has 0 radical (unpaired) electrons. The van der Waals surface area contributed by atoms with E-state index in [1.807, 2.05) is 13.8 Å². The van der Waals surface area contributed by atoms with Crippen molar-refractivity contribution in [3.05, 3.63) is 18.2 Å². The largest absolute Gasteiger partial charge is 0.497 e. The highest BCUT2D eigenvalue weighted by molar-refractivity contribution is 6.07. The maximum atomic E-state index is 12.3. The molecule has 1 unspecified atom stereocenters. The smallest absolute Gasteiger partial charge is 0.247 e. The van der Waals surface area contributed by atoms with Crippen LogP contribution in [-0.2, 0) is 9.59 Å². The minimum atomic E-state index is -0.548. The van der Waals surface area contributed by atoms with Crippen LogP contribution in [0.25, 0.3) is 0 Å². The fourth-order valence-electron chi connectivity index (χ4n) is 2.49. The number of methoxy groups -OCH3 is 2. The van der Waals surface area contributed by atoms with E-state index in [4.69, 9.17) is 9.47 Å². The molecule has 0 saturated carbocycles. The van der Waals surface area contributed by atoms with E-state index in [0.29, 0.717) is 17.2 Å². The number of nitrogens with zero attached hydrogens (tertiary/aromatic N) is 1. The van der Waals surface area contributed by atoms with Crippen LogP contribution in [0.4, 0.5) is 5.69 Å². The summed E-state index contributed by atoms with van der Waals surface area (Å²) < 4.78 is 10.5. The van der Waals surface area contributed by atoms with Gasteiger partial charge in [0, 0.05) is 6.07 Å². The van der Waals surface area contributed by atoms with Crippen LogP contribution in [0.2, 0.25) is 0 Å². The molecule has 1 fully saturated rings. The Morgan fingerprint density at radius 1 is 1.24 bits per heavy atom. The van der Waals surface area contributed by atoms with E-state index >= 15 is 0 Å². The Kier molecular flexibility index (Phi) is 4.35. The maximum absolute atomic E-state index is 12.3. The third-order valence-electron chi connectivity index (χ3n) is 3.51. The number of rotatable bonds is 4. The third kappa shape index (κ3) is 2.79. The predicted molar refractivity (Wildman–Crippen MR) is 78.7 cm³/mol. The molecule has 0 bridgehead atoms. The quantitative estimate of drug-likeness (QED) is 0.905. The first-order chi connectivity index (χ1) is 9.99. The number of carbonyl (C=O) groups is 2. The third-order valence-corrected chi connectivity index (χ3v) is 3.51. The van der Waals surface area contributed by atoms with Crippen LogP contribution in [0.1, 0.15) is 13.8 Å². The van der Waals surface area contributed by atoms with Crippen molar-refractivity contribution in [2.45, 2.75) is 19.9 Å². The number of hydrogen-bond acceptors (Lipinski definition) is 4. The van der Waals surface area contributed by atoms with Gasteiger partial charge in [-0.25, -0.2) is 0 Å². The van der Waals surface area contributed by atoms with Gasteiger partial charge in [-0.3, -0.25) is 14.5 Å². The molecule has 1 aromatic rings. The highest BCUT2D eigenvalue weighted by Crippen LogP contribution is 2.35. The van der Waals surface area contributed by atoms with Crippen molar-refractivity contribution in [2.75, 3.05) is 25.7 Å². The van der Waals surface area contributed by atoms with E-state index in [-0.39, 0.29) is 24.3 Å². The van der Waals surface area contributed by atoms with Gasteiger partial charge in [0.25, 0.3) is 0 Å². The first-order valence-corrected chi connectivity index (χ1v) is 6.81. The van der Waals surface area contributed by atoms with Crippen LogP contribution in [0.3, 0.4) is 0 Å². The number of amides is 2. The summed E-state index contributed by atoms with van der Waals surface area (Å²) in [6.07, 6.45) is 0. The first-order valence-electron chi connectivity index (χ1n) is 6.81. The van der Waals surface area contributed by atoms with Gasteiger partial charge >= 0.3 is 0 Å². The number of carbonyl (C=O) groups excluding carboxylic acids is 2. The number of benzene rings is 1. The van der Waals surface area contributed by atoms with E-state index in [9.17, 15) is 9.59 Å². The van der Waals surface area contributed by atoms with E-state index < -0.39 is 6.04 Å². The van der Waals surface area contributed by atoms with Crippen molar-refractivity contribution in [2.24, 2.45) is 5.92 Å². The summed E-state index contributed by atoms with van der Waals surface area (Å²) in [7, 11) is 3.09. The minimum absolute atomic E-state index is 0.00274. The van der Waals surface area contributed by atoms with Crippen molar-refractivity contribution in [3.63, 3.8) is 0 Å². The Morgan fingerprint density at radius 2 is 1.95 bits per heavy atom. The van der Waals surface area contributed by atoms with Gasteiger partial charge in [0.1, 0.15) is 17.5 Å². The fraction of sp³-hybridized carbons (Fsp3) is 0.467. The molecule has 1 atom stereocenters. The molecular formula is C15H20N2O4. The molecule has 1 saturated heterocycles. The molecule has 1 heterocycles. The Hall–Kier alpha value is -2.24. The highest BCUT2D eigenvalue weighted by Gasteiger charge is 2.38. The van der Waals surface area contributed by atoms with Gasteiger partial charge in [-0.05, 0) is 18.1 Å². The molecule has 6 nitrogen and oxygen atoms in total. The van der Waals surface area contributed by atoms with Crippen LogP contribution in [-0.4, -0.2) is 38.6 Å². The molecule has 0 aromatic heterocycles. The highest BCUT2D eigenvalue weighted by atomic mass is 16.5. The minimum Gasteiger partial charge on any atom is -0.497 e. The number of anilines is 1. The van der Waals surface area contributed by atoms with Gasteiger partial charge < -0.3 is 14.8 Å². The van der Waals surface area contributed by atoms with Crippen molar-refractivity contribution in [1.82, 2.24) is 5.32 Å². The average Bonchev–Trinajstić information content (AvgIpc) is 2.48. The fourth-order valence-corrected chi connectivity index (χ4v) is 2.49. The standard InChI is InChI=1S/C15H20N2O4/c1-9(2)14-15(19)16-8-13(18)17(14)11-6-5-10(20-3)7-12(11)21-4/h5-7,9,14H,8H2,1-4H3,(H,16,19). The molecule has 1 aliphatic heterocycles. The zero-order chi connectivity index (χ0) is 15.6. The Morgan fingerprint density at radius 3 is 2.52 bits per heavy atom.